The van der Waals surface area contributed by atoms with Gasteiger partial charge in [-0.25, -0.2) is 0 Å². The first kappa shape index (κ1) is 10.9. The van der Waals surface area contributed by atoms with Crippen LogP contribution in [0.5, 0.6) is 0 Å². The molecule has 0 spiro atoms. The fourth-order valence-corrected chi connectivity index (χ4v) is 1.38. The van der Waals surface area contributed by atoms with Crippen LogP contribution in [0.3, 0.4) is 0 Å². The molecule has 0 atom stereocenters. The Kier molecular flexibility index (Phi) is 3.53. The topological polar surface area (TPSA) is 61.1 Å². The minimum absolute atomic E-state index is 0.565. The van der Waals surface area contributed by atoms with Crippen LogP contribution in [-0.2, 0) is 0 Å². The van der Waals surface area contributed by atoms with E-state index in [9.17, 15) is 0 Å². The minimum atomic E-state index is 0.565. The number of aliphatic imine (C=N–C) groups is 1. The van der Waals surface area contributed by atoms with Gasteiger partial charge in [0.1, 0.15) is 0 Å². The third kappa shape index (κ3) is 3.19. The van der Waals surface area contributed by atoms with Gasteiger partial charge < -0.3 is 0 Å². The molecule has 17 heavy (non-hydrogen) atoms. The summed E-state index contributed by atoms with van der Waals surface area (Å²) < 4.78 is 0. The molecule has 2 aromatic rings. The van der Waals surface area contributed by atoms with Crippen LogP contribution in [0.15, 0.2) is 64.7 Å². The molecular formula is C13H10N4. The van der Waals surface area contributed by atoms with Gasteiger partial charge in [0.2, 0.25) is 0 Å². The Balaban J connectivity index is 2.21. The minimum Gasteiger partial charge on any atom is -0.256 e. The molecule has 0 aromatic heterocycles. The molecule has 0 aliphatic heterocycles. The Bertz CT molecular complexity index is 569. The maximum absolute atomic E-state index is 8.34. The fourth-order valence-electron chi connectivity index (χ4n) is 1.38. The summed E-state index contributed by atoms with van der Waals surface area (Å²) in [7, 11) is 0. The Morgan fingerprint density at radius 1 is 0.941 bits per heavy atom. The van der Waals surface area contributed by atoms with Gasteiger partial charge in [-0.2, -0.15) is 0 Å². The molecule has 0 aliphatic rings. The van der Waals surface area contributed by atoms with Crippen LogP contribution in [0, 0.1) is 0 Å². The summed E-state index contributed by atoms with van der Waals surface area (Å²) in [5.41, 5.74) is 10.7. The van der Waals surface area contributed by atoms with Crippen molar-refractivity contribution in [2.75, 3.05) is 0 Å². The molecule has 0 unspecified atom stereocenters. The molecule has 0 fully saturated rings. The van der Waals surface area contributed by atoms with Crippen LogP contribution in [0.4, 0.5) is 11.4 Å². The van der Waals surface area contributed by atoms with E-state index >= 15 is 0 Å². The number of nitrogens with zero attached hydrogens (tertiary/aromatic N) is 4. The first-order valence-electron chi connectivity index (χ1n) is 5.13. The average molecular weight is 222 g/mol. The summed E-state index contributed by atoms with van der Waals surface area (Å²) in [4.78, 5) is 7.05. The summed E-state index contributed by atoms with van der Waals surface area (Å²) in [6.45, 7) is 0. The van der Waals surface area contributed by atoms with E-state index < -0.39 is 0 Å². The summed E-state index contributed by atoms with van der Waals surface area (Å²) >= 11 is 0. The lowest BCUT2D eigenvalue weighted by molar-refractivity contribution is 1.44. The summed E-state index contributed by atoms with van der Waals surface area (Å²) in [6, 6.07) is 17.0. The van der Waals surface area contributed by atoms with Crippen molar-refractivity contribution in [2.45, 2.75) is 0 Å². The van der Waals surface area contributed by atoms with Crippen molar-refractivity contribution in [2.24, 2.45) is 10.1 Å². The van der Waals surface area contributed by atoms with Gasteiger partial charge in [0.05, 0.1) is 5.69 Å². The van der Waals surface area contributed by atoms with Gasteiger partial charge in [-0.3, -0.25) is 4.99 Å². The van der Waals surface area contributed by atoms with Crippen LogP contribution in [0.25, 0.3) is 10.4 Å². The number of benzene rings is 2. The van der Waals surface area contributed by atoms with Crippen molar-refractivity contribution in [1.82, 2.24) is 0 Å². The monoisotopic (exact) mass is 222 g/mol. The molecule has 0 saturated heterocycles. The largest absolute Gasteiger partial charge is 0.256 e. The van der Waals surface area contributed by atoms with Crippen LogP contribution in [-0.4, -0.2) is 6.21 Å². The van der Waals surface area contributed by atoms with Crippen LogP contribution < -0.4 is 0 Å². The van der Waals surface area contributed by atoms with E-state index in [-0.39, 0.29) is 0 Å². The maximum Gasteiger partial charge on any atom is 0.0634 e. The molecule has 0 N–H and O–H groups in total. The van der Waals surface area contributed by atoms with E-state index in [1.807, 2.05) is 42.5 Å². The number of azide groups is 1. The Labute approximate surface area is 98.9 Å². The van der Waals surface area contributed by atoms with Crippen molar-refractivity contribution < 1.29 is 0 Å². The van der Waals surface area contributed by atoms with Gasteiger partial charge in [0.15, 0.2) is 0 Å². The van der Waals surface area contributed by atoms with E-state index in [4.69, 9.17) is 5.53 Å². The van der Waals surface area contributed by atoms with Crippen LogP contribution >= 0.6 is 0 Å². The highest BCUT2D eigenvalue weighted by molar-refractivity contribution is 5.82. The molecule has 82 valence electrons. The van der Waals surface area contributed by atoms with Crippen molar-refractivity contribution in [3.8, 4) is 0 Å². The molecule has 0 heterocycles. The average Bonchev–Trinajstić information content (AvgIpc) is 2.39. The molecule has 0 amide bonds. The standard InChI is InChI=1S/C13H10N4/c14-17-16-13-8-4-7-12(9-13)15-10-11-5-2-1-3-6-11/h1-10H. The number of hydrogen-bond donors (Lipinski definition) is 0. The highest BCUT2D eigenvalue weighted by Crippen LogP contribution is 2.20. The molecule has 0 bridgehead atoms. The van der Waals surface area contributed by atoms with Gasteiger partial charge in [-0.05, 0) is 23.2 Å². The predicted octanol–water partition coefficient (Wildman–Crippen LogP) is 4.38. The second-order valence-electron chi connectivity index (χ2n) is 3.38. The lowest BCUT2D eigenvalue weighted by Crippen LogP contribution is -1.77. The zero-order chi connectivity index (χ0) is 11.9. The highest BCUT2D eigenvalue weighted by Gasteiger charge is 1.91. The summed E-state index contributed by atoms with van der Waals surface area (Å²) in [5, 5.41) is 3.53. The van der Waals surface area contributed by atoms with E-state index in [0.717, 1.165) is 11.3 Å². The molecule has 0 radical (unpaired) electrons. The van der Waals surface area contributed by atoms with Gasteiger partial charge in [-0.15, -0.1) is 0 Å². The van der Waals surface area contributed by atoms with E-state index in [0.29, 0.717) is 5.69 Å². The molecular weight excluding hydrogens is 212 g/mol. The number of rotatable bonds is 3. The third-order valence-corrected chi connectivity index (χ3v) is 2.15. The molecule has 4 nitrogen and oxygen atoms in total. The molecule has 0 saturated carbocycles. The predicted molar refractivity (Wildman–Crippen MR) is 68.9 cm³/mol. The van der Waals surface area contributed by atoms with Gasteiger partial charge >= 0.3 is 0 Å². The quantitative estimate of drug-likeness (QED) is 0.320. The number of hydrogen-bond acceptors (Lipinski definition) is 2. The second-order valence-corrected chi connectivity index (χ2v) is 3.38. The van der Waals surface area contributed by atoms with Crippen LogP contribution in [0.2, 0.25) is 0 Å². The van der Waals surface area contributed by atoms with Crippen molar-refractivity contribution in [1.29, 1.82) is 0 Å². The van der Waals surface area contributed by atoms with E-state index in [1.54, 1.807) is 18.3 Å². The zero-order valence-electron chi connectivity index (χ0n) is 9.06. The first-order valence-corrected chi connectivity index (χ1v) is 5.13. The molecule has 2 aromatic carbocycles. The van der Waals surface area contributed by atoms with Crippen molar-refractivity contribution in [3.05, 3.63) is 70.6 Å². The van der Waals surface area contributed by atoms with Crippen molar-refractivity contribution >= 4 is 17.6 Å². The Morgan fingerprint density at radius 2 is 1.71 bits per heavy atom. The molecule has 2 rings (SSSR count). The SMILES string of the molecule is [N-]=[N+]=Nc1cccc(N=Cc2ccccc2)c1. The van der Waals surface area contributed by atoms with E-state index in [1.165, 1.54) is 0 Å². The lowest BCUT2D eigenvalue weighted by Gasteiger charge is -1.95. The van der Waals surface area contributed by atoms with Gasteiger partial charge in [0.25, 0.3) is 0 Å². The lowest BCUT2D eigenvalue weighted by atomic mass is 10.2. The van der Waals surface area contributed by atoms with Crippen molar-refractivity contribution in [3.63, 3.8) is 0 Å². The zero-order valence-corrected chi connectivity index (χ0v) is 9.06. The smallest absolute Gasteiger partial charge is 0.0634 e. The third-order valence-electron chi connectivity index (χ3n) is 2.15. The van der Waals surface area contributed by atoms with Gasteiger partial charge in [-0.1, -0.05) is 47.6 Å². The molecule has 4 heteroatoms. The Hall–Kier alpha value is -2.58. The maximum atomic E-state index is 8.34. The summed E-state index contributed by atoms with van der Waals surface area (Å²) in [6.07, 6.45) is 1.77. The second kappa shape index (κ2) is 5.49. The normalized spacial score (nSPS) is 10.1. The Morgan fingerprint density at radius 3 is 2.47 bits per heavy atom. The highest BCUT2D eigenvalue weighted by atomic mass is 15.1. The van der Waals surface area contributed by atoms with Gasteiger partial charge in [0, 0.05) is 16.8 Å². The summed E-state index contributed by atoms with van der Waals surface area (Å²) in [5.74, 6) is 0. The fraction of sp³-hybridized carbons (Fsp3) is 0. The molecule has 0 aliphatic carbocycles. The first-order chi connectivity index (χ1) is 8.38. The van der Waals surface area contributed by atoms with Crippen LogP contribution in [0.1, 0.15) is 5.56 Å². The van der Waals surface area contributed by atoms with E-state index in [2.05, 4.69) is 15.0 Å².